The first kappa shape index (κ1) is 21.7. The number of likely N-dealkylation sites (N-methyl/N-ethyl adjacent to an activating group) is 1. The zero-order chi connectivity index (χ0) is 21.0. The molecule has 1 aliphatic heterocycles. The Hall–Kier alpha value is -1.96. The van der Waals surface area contributed by atoms with Gasteiger partial charge in [-0.25, -0.2) is 12.8 Å². The summed E-state index contributed by atoms with van der Waals surface area (Å²) < 4.78 is 40.8. The van der Waals surface area contributed by atoms with Gasteiger partial charge in [0.15, 0.2) is 0 Å². The predicted molar refractivity (Wildman–Crippen MR) is 111 cm³/mol. The molecule has 3 rings (SSSR count). The Morgan fingerprint density at radius 2 is 1.76 bits per heavy atom. The van der Waals surface area contributed by atoms with Crippen molar-refractivity contribution >= 4 is 27.5 Å². The summed E-state index contributed by atoms with van der Waals surface area (Å²) in [5.41, 5.74) is 0.965. The summed E-state index contributed by atoms with van der Waals surface area (Å²) in [6.45, 7) is 1.16. The molecule has 2 aromatic rings. The van der Waals surface area contributed by atoms with E-state index < -0.39 is 15.8 Å². The van der Waals surface area contributed by atoms with E-state index in [0.717, 1.165) is 19.3 Å². The normalized spacial score (nSPS) is 15.3. The molecule has 0 unspecified atom stereocenters. The highest BCUT2D eigenvalue weighted by molar-refractivity contribution is 7.89. The van der Waals surface area contributed by atoms with E-state index >= 15 is 0 Å². The van der Waals surface area contributed by atoms with E-state index in [4.69, 9.17) is 11.6 Å². The quantitative estimate of drug-likeness (QED) is 0.688. The summed E-state index contributed by atoms with van der Waals surface area (Å²) in [7, 11) is -1.91. The standard InChI is InChI=1S/C21H24ClFN2O3S/c1-24(15-18-19(22)6-5-7-20(18)23)21(26)14-16-8-10-17(11-9-16)29(27,28)25-12-3-2-4-13-25/h5-11H,2-4,12-15H2,1H3. The number of rotatable bonds is 6. The van der Waals surface area contributed by atoms with E-state index in [0.29, 0.717) is 18.7 Å². The first-order valence-electron chi connectivity index (χ1n) is 9.55. The summed E-state index contributed by atoms with van der Waals surface area (Å²) in [6, 6.07) is 10.8. The van der Waals surface area contributed by atoms with Crippen LogP contribution < -0.4 is 0 Å². The van der Waals surface area contributed by atoms with Gasteiger partial charge in [0.1, 0.15) is 5.82 Å². The highest BCUT2D eigenvalue weighted by Gasteiger charge is 2.25. The Labute approximate surface area is 176 Å². The van der Waals surface area contributed by atoms with Crippen molar-refractivity contribution in [3.8, 4) is 0 Å². The number of benzene rings is 2. The zero-order valence-electron chi connectivity index (χ0n) is 16.3. The van der Waals surface area contributed by atoms with Gasteiger partial charge in [0.05, 0.1) is 11.3 Å². The fourth-order valence-corrected chi connectivity index (χ4v) is 5.09. The molecule has 0 atom stereocenters. The van der Waals surface area contributed by atoms with Gasteiger partial charge >= 0.3 is 0 Å². The molecule has 0 bridgehead atoms. The highest BCUT2D eigenvalue weighted by Crippen LogP contribution is 2.22. The summed E-state index contributed by atoms with van der Waals surface area (Å²) >= 11 is 6.02. The van der Waals surface area contributed by atoms with Gasteiger partial charge in [0, 0.05) is 37.3 Å². The lowest BCUT2D eigenvalue weighted by Gasteiger charge is -2.25. The molecule has 5 nitrogen and oxygen atoms in total. The Balaban J connectivity index is 1.65. The van der Waals surface area contributed by atoms with Gasteiger partial charge in [0.25, 0.3) is 0 Å². The lowest BCUT2D eigenvalue weighted by molar-refractivity contribution is -0.129. The molecule has 1 saturated heterocycles. The predicted octanol–water partition coefficient (Wildman–Crippen LogP) is 3.85. The summed E-state index contributed by atoms with van der Waals surface area (Å²) in [4.78, 5) is 14.1. The number of nitrogens with zero attached hydrogens (tertiary/aromatic N) is 2. The van der Waals surface area contributed by atoms with Crippen LogP contribution in [0.1, 0.15) is 30.4 Å². The second-order valence-electron chi connectivity index (χ2n) is 7.24. The lowest BCUT2D eigenvalue weighted by Crippen LogP contribution is -2.35. The van der Waals surface area contributed by atoms with E-state index in [2.05, 4.69) is 0 Å². The summed E-state index contributed by atoms with van der Waals surface area (Å²) in [6.07, 6.45) is 2.90. The first-order valence-corrected chi connectivity index (χ1v) is 11.4. The van der Waals surface area contributed by atoms with Crippen molar-refractivity contribution < 1.29 is 17.6 Å². The van der Waals surface area contributed by atoms with E-state index in [9.17, 15) is 17.6 Å². The molecule has 0 saturated carbocycles. The Kier molecular flexibility index (Phi) is 6.93. The highest BCUT2D eigenvalue weighted by atomic mass is 35.5. The van der Waals surface area contributed by atoms with Crippen molar-refractivity contribution in [2.75, 3.05) is 20.1 Å². The molecule has 29 heavy (non-hydrogen) atoms. The Morgan fingerprint density at radius 3 is 2.38 bits per heavy atom. The minimum Gasteiger partial charge on any atom is -0.341 e. The molecule has 1 fully saturated rings. The monoisotopic (exact) mass is 438 g/mol. The van der Waals surface area contributed by atoms with Gasteiger partial charge in [-0.15, -0.1) is 0 Å². The van der Waals surface area contributed by atoms with Crippen LogP contribution in [0.4, 0.5) is 4.39 Å². The molecule has 2 aromatic carbocycles. The van der Waals surface area contributed by atoms with Crippen LogP contribution in [0, 0.1) is 5.82 Å². The Morgan fingerprint density at radius 1 is 1.10 bits per heavy atom. The molecular formula is C21H24ClFN2O3S. The zero-order valence-corrected chi connectivity index (χ0v) is 17.8. The molecule has 0 aliphatic carbocycles. The number of sulfonamides is 1. The maximum Gasteiger partial charge on any atom is 0.243 e. The van der Waals surface area contributed by atoms with Crippen LogP contribution in [-0.2, 0) is 27.8 Å². The second kappa shape index (κ2) is 9.24. The van der Waals surface area contributed by atoms with E-state index in [1.54, 1.807) is 37.4 Å². The van der Waals surface area contributed by atoms with E-state index in [1.165, 1.54) is 21.3 Å². The largest absolute Gasteiger partial charge is 0.341 e. The van der Waals surface area contributed by atoms with Gasteiger partial charge in [0.2, 0.25) is 15.9 Å². The van der Waals surface area contributed by atoms with Crippen molar-refractivity contribution in [2.24, 2.45) is 0 Å². The molecule has 0 aromatic heterocycles. The maximum absolute atomic E-state index is 13.9. The van der Waals surface area contributed by atoms with E-state index in [1.807, 2.05) is 0 Å². The molecule has 1 amide bonds. The SMILES string of the molecule is CN(Cc1c(F)cccc1Cl)C(=O)Cc1ccc(S(=O)(=O)N2CCCCC2)cc1. The molecule has 1 aliphatic rings. The fraction of sp³-hybridized carbons (Fsp3) is 0.381. The number of hydrogen-bond acceptors (Lipinski definition) is 3. The van der Waals surface area contributed by atoms with Crippen LogP contribution in [-0.4, -0.2) is 43.7 Å². The van der Waals surface area contributed by atoms with Crippen molar-refractivity contribution in [3.05, 3.63) is 64.4 Å². The molecule has 156 valence electrons. The van der Waals surface area contributed by atoms with Crippen LogP contribution >= 0.6 is 11.6 Å². The van der Waals surface area contributed by atoms with Gasteiger partial charge in [-0.05, 0) is 42.7 Å². The lowest BCUT2D eigenvalue weighted by atomic mass is 10.1. The van der Waals surface area contributed by atoms with Gasteiger partial charge in [-0.3, -0.25) is 4.79 Å². The molecule has 0 spiro atoms. The number of carbonyl (C=O) groups excluding carboxylic acids is 1. The number of halogens is 2. The van der Waals surface area contributed by atoms with Crippen LogP contribution in [0.25, 0.3) is 0 Å². The first-order chi connectivity index (χ1) is 13.8. The molecule has 1 heterocycles. The van der Waals surface area contributed by atoms with Crippen molar-refractivity contribution in [3.63, 3.8) is 0 Å². The van der Waals surface area contributed by atoms with Crippen molar-refractivity contribution in [1.82, 2.24) is 9.21 Å². The minimum absolute atomic E-state index is 0.0613. The third-order valence-electron chi connectivity index (χ3n) is 5.11. The average molecular weight is 439 g/mol. The third-order valence-corrected chi connectivity index (χ3v) is 7.38. The maximum atomic E-state index is 13.9. The number of carbonyl (C=O) groups is 1. The summed E-state index contributed by atoms with van der Waals surface area (Å²) in [5, 5.41) is 0.275. The topological polar surface area (TPSA) is 57.7 Å². The van der Waals surface area contributed by atoms with Crippen LogP contribution in [0.5, 0.6) is 0 Å². The third kappa shape index (κ3) is 5.15. The summed E-state index contributed by atoms with van der Waals surface area (Å²) in [5.74, 6) is -0.666. The van der Waals surface area contributed by atoms with Gasteiger partial charge in [-0.1, -0.05) is 36.2 Å². The molecular weight excluding hydrogens is 415 g/mol. The van der Waals surface area contributed by atoms with Crippen LogP contribution in [0.15, 0.2) is 47.4 Å². The molecule has 0 radical (unpaired) electrons. The Bertz CT molecular complexity index is 954. The fourth-order valence-electron chi connectivity index (χ4n) is 3.35. The smallest absolute Gasteiger partial charge is 0.243 e. The average Bonchev–Trinajstić information content (AvgIpc) is 2.71. The second-order valence-corrected chi connectivity index (χ2v) is 9.58. The van der Waals surface area contributed by atoms with Crippen molar-refractivity contribution in [2.45, 2.75) is 37.1 Å². The molecule has 8 heteroatoms. The minimum atomic E-state index is -3.49. The number of amides is 1. The van der Waals surface area contributed by atoms with E-state index in [-0.39, 0.29) is 34.4 Å². The molecule has 0 N–H and O–H groups in total. The number of hydrogen-bond donors (Lipinski definition) is 0. The van der Waals surface area contributed by atoms with Crippen LogP contribution in [0.2, 0.25) is 5.02 Å². The van der Waals surface area contributed by atoms with Gasteiger partial charge < -0.3 is 4.90 Å². The van der Waals surface area contributed by atoms with Crippen molar-refractivity contribution in [1.29, 1.82) is 0 Å². The van der Waals surface area contributed by atoms with Crippen LogP contribution in [0.3, 0.4) is 0 Å². The number of piperidine rings is 1. The van der Waals surface area contributed by atoms with Gasteiger partial charge in [-0.2, -0.15) is 4.31 Å².